The molecular weight excluding hydrogens is 192 g/mol. The van der Waals surface area contributed by atoms with Crippen LogP contribution in [0.3, 0.4) is 0 Å². The molecule has 1 aliphatic rings. The van der Waals surface area contributed by atoms with E-state index in [2.05, 4.69) is 10.2 Å². The normalized spacial score (nSPS) is 20.8. The van der Waals surface area contributed by atoms with E-state index in [9.17, 15) is 0 Å². The van der Waals surface area contributed by atoms with Gasteiger partial charge in [-0.3, -0.25) is 0 Å². The van der Waals surface area contributed by atoms with Crippen molar-refractivity contribution in [3.63, 3.8) is 0 Å². The molecule has 0 aromatic heterocycles. The minimum atomic E-state index is -0.542. The van der Waals surface area contributed by atoms with Gasteiger partial charge in [-0.25, -0.2) is 0 Å². The van der Waals surface area contributed by atoms with E-state index < -0.39 is 6.10 Å². The average molecular weight is 211 g/mol. The van der Waals surface area contributed by atoms with Crippen LogP contribution in [0.1, 0.15) is 6.42 Å². The lowest BCUT2D eigenvalue weighted by Crippen LogP contribution is -2.44. The van der Waals surface area contributed by atoms with Gasteiger partial charge < -0.3 is 20.4 Å². The van der Waals surface area contributed by atoms with E-state index in [1.165, 1.54) is 0 Å². The molecule has 1 rings (SSSR count). The number of aliphatic hydroxyl groups is 2. The van der Waals surface area contributed by atoms with Crippen LogP contribution >= 0.6 is 12.4 Å². The second-order valence-corrected chi connectivity index (χ2v) is 3.22. The van der Waals surface area contributed by atoms with Gasteiger partial charge in [0.2, 0.25) is 0 Å². The van der Waals surface area contributed by atoms with Gasteiger partial charge >= 0.3 is 0 Å². The predicted octanol–water partition coefficient (Wildman–Crippen LogP) is -0.943. The lowest BCUT2D eigenvalue weighted by atomic mass is 10.2. The third-order valence-corrected chi connectivity index (χ3v) is 2.20. The van der Waals surface area contributed by atoms with Gasteiger partial charge in [0.05, 0.1) is 12.7 Å². The van der Waals surface area contributed by atoms with Crippen LogP contribution in [0.2, 0.25) is 0 Å². The molecule has 3 N–H and O–H groups in total. The Balaban J connectivity index is 0.00000144. The van der Waals surface area contributed by atoms with Gasteiger partial charge in [0, 0.05) is 32.7 Å². The second-order valence-electron chi connectivity index (χ2n) is 3.22. The third-order valence-electron chi connectivity index (χ3n) is 2.20. The van der Waals surface area contributed by atoms with Crippen molar-refractivity contribution in [1.29, 1.82) is 0 Å². The van der Waals surface area contributed by atoms with Gasteiger partial charge in [0.25, 0.3) is 0 Å². The van der Waals surface area contributed by atoms with E-state index in [1.54, 1.807) is 0 Å². The molecule has 1 saturated heterocycles. The van der Waals surface area contributed by atoms with Crippen molar-refractivity contribution in [3.05, 3.63) is 0 Å². The number of aliphatic hydroxyl groups excluding tert-OH is 2. The summed E-state index contributed by atoms with van der Waals surface area (Å²) in [7, 11) is 0. The first-order chi connectivity index (χ1) is 5.83. The fraction of sp³-hybridized carbons (Fsp3) is 1.00. The number of nitrogens with zero attached hydrogens (tertiary/aromatic N) is 1. The van der Waals surface area contributed by atoms with Gasteiger partial charge in [0.1, 0.15) is 0 Å². The van der Waals surface area contributed by atoms with Crippen LogP contribution in [0.4, 0.5) is 0 Å². The monoisotopic (exact) mass is 210 g/mol. The molecule has 0 spiro atoms. The molecule has 1 fully saturated rings. The first kappa shape index (κ1) is 13.1. The minimum Gasteiger partial charge on any atom is -0.394 e. The third kappa shape index (κ3) is 5.44. The number of rotatable bonds is 4. The summed E-state index contributed by atoms with van der Waals surface area (Å²) in [4.78, 5) is 2.30. The highest BCUT2D eigenvalue weighted by Crippen LogP contribution is 1.97. The smallest absolute Gasteiger partial charge is 0.0783 e. The number of nitrogens with one attached hydrogen (secondary N) is 1. The Bertz CT molecular complexity index is 121. The van der Waals surface area contributed by atoms with Crippen LogP contribution in [0.15, 0.2) is 0 Å². The Kier molecular flexibility index (Phi) is 7.60. The maximum absolute atomic E-state index is 9.10. The molecule has 13 heavy (non-hydrogen) atoms. The van der Waals surface area contributed by atoms with Crippen LogP contribution in [0, 0.1) is 0 Å². The maximum atomic E-state index is 9.10. The Labute approximate surface area is 85.3 Å². The van der Waals surface area contributed by atoms with Crippen LogP contribution in [0.25, 0.3) is 0 Å². The van der Waals surface area contributed by atoms with Gasteiger partial charge in [-0.05, 0) is 6.42 Å². The highest BCUT2D eigenvalue weighted by atomic mass is 35.5. The number of halogens is 1. The van der Waals surface area contributed by atoms with Crippen molar-refractivity contribution >= 4 is 12.4 Å². The van der Waals surface area contributed by atoms with Gasteiger partial charge in [-0.15, -0.1) is 12.4 Å². The molecule has 0 aliphatic carbocycles. The fourth-order valence-corrected chi connectivity index (χ4v) is 1.36. The Morgan fingerprint density at radius 1 is 1.31 bits per heavy atom. The topological polar surface area (TPSA) is 55.7 Å². The van der Waals surface area contributed by atoms with E-state index in [4.69, 9.17) is 10.2 Å². The highest BCUT2D eigenvalue weighted by Gasteiger charge is 2.10. The minimum absolute atomic E-state index is 0. The van der Waals surface area contributed by atoms with E-state index in [1.807, 2.05) is 0 Å². The Hall–Kier alpha value is 0.130. The lowest BCUT2D eigenvalue weighted by Gasteiger charge is -2.27. The summed E-state index contributed by atoms with van der Waals surface area (Å²) in [5.41, 5.74) is 0. The summed E-state index contributed by atoms with van der Waals surface area (Å²) in [5.74, 6) is 0. The average Bonchev–Trinajstić information content (AvgIpc) is 2.16. The number of hydrogen-bond acceptors (Lipinski definition) is 4. The zero-order chi connectivity index (χ0) is 8.81. The molecule has 80 valence electrons. The molecule has 1 heterocycles. The number of piperazine rings is 1. The van der Waals surface area contributed by atoms with Crippen LogP contribution < -0.4 is 5.32 Å². The zero-order valence-electron chi connectivity index (χ0n) is 7.78. The first-order valence-corrected chi connectivity index (χ1v) is 4.55. The molecule has 0 saturated carbocycles. The summed E-state index contributed by atoms with van der Waals surface area (Å²) in [6.45, 7) is 4.95. The van der Waals surface area contributed by atoms with E-state index >= 15 is 0 Å². The highest BCUT2D eigenvalue weighted by molar-refractivity contribution is 5.85. The fourth-order valence-electron chi connectivity index (χ4n) is 1.36. The van der Waals surface area contributed by atoms with Crippen LogP contribution in [-0.2, 0) is 0 Å². The molecule has 1 unspecified atom stereocenters. The molecule has 4 nitrogen and oxygen atoms in total. The second kappa shape index (κ2) is 7.53. The van der Waals surface area contributed by atoms with Crippen molar-refractivity contribution in [3.8, 4) is 0 Å². The van der Waals surface area contributed by atoms with Crippen LogP contribution in [0.5, 0.6) is 0 Å². The summed E-state index contributed by atoms with van der Waals surface area (Å²) >= 11 is 0. The van der Waals surface area contributed by atoms with E-state index in [0.717, 1.165) is 32.7 Å². The van der Waals surface area contributed by atoms with Crippen molar-refractivity contribution in [1.82, 2.24) is 10.2 Å². The molecule has 0 amide bonds. The standard InChI is InChI=1S/C8H18N2O2.ClH/c11-7-8(12)1-4-10-5-2-9-3-6-10;/h8-9,11-12H,1-7H2;1H. The van der Waals surface area contributed by atoms with Crippen LogP contribution in [-0.4, -0.2) is 60.5 Å². The van der Waals surface area contributed by atoms with E-state index in [0.29, 0.717) is 6.42 Å². The van der Waals surface area contributed by atoms with Crippen molar-refractivity contribution in [2.24, 2.45) is 0 Å². The van der Waals surface area contributed by atoms with Gasteiger partial charge in [0.15, 0.2) is 0 Å². The van der Waals surface area contributed by atoms with E-state index in [-0.39, 0.29) is 19.0 Å². The molecule has 1 aliphatic heterocycles. The largest absolute Gasteiger partial charge is 0.394 e. The number of hydrogen-bond donors (Lipinski definition) is 3. The quantitative estimate of drug-likeness (QED) is 0.561. The van der Waals surface area contributed by atoms with Crippen molar-refractivity contribution in [2.75, 3.05) is 39.3 Å². The summed E-state index contributed by atoms with van der Waals surface area (Å²) in [6.07, 6.45) is 0.135. The summed E-state index contributed by atoms with van der Waals surface area (Å²) in [5, 5.41) is 20.9. The molecule has 5 heteroatoms. The molecular formula is C8H19ClN2O2. The van der Waals surface area contributed by atoms with Crippen molar-refractivity contribution < 1.29 is 10.2 Å². The Morgan fingerprint density at radius 2 is 1.92 bits per heavy atom. The zero-order valence-corrected chi connectivity index (χ0v) is 8.59. The van der Waals surface area contributed by atoms with Crippen molar-refractivity contribution in [2.45, 2.75) is 12.5 Å². The molecule has 0 aromatic carbocycles. The molecule has 1 atom stereocenters. The summed E-state index contributed by atoms with van der Waals surface area (Å²) < 4.78 is 0. The summed E-state index contributed by atoms with van der Waals surface area (Å²) in [6, 6.07) is 0. The van der Waals surface area contributed by atoms with Gasteiger partial charge in [-0.2, -0.15) is 0 Å². The predicted molar refractivity (Wildman–Crippen MR) is 54.3 cm³/mol. The lowest BCUT2D eigenvalue weighted by molar-refractivity contribution is 0.0755. The molecule has 0 bridgehead atoms. The SMILES string of the molecule is Cl.OCC(O)CCN1CCNCC1. The molecule has 0 radical (unpaired) electrons. The molecule has 0 aromatic rings. The Morgan fingerprint density at radius 3 is 2.46 bits per heavy atom. The maximum Gasteiger partial charge on any atom is 0.0783 e. The first-order valence-electron chi connectivity index (χ1n) is 4.55. The van der Waals surface area contributed by atoms with Gasteiger partial charge in [-0.1, -0.05) is 0 Å².